The molecule has 3 N–H and O–H groups in total. The summed E-state index contributed by atoms with van der Waals surface area (Å²) in [6, 6.07) is 6.51. The standard InChI is InChI=1S/C18H22F2N6O3/c1-11(2)12-3-5-13(6-4-12)22-17(28)26-8-7-25(9-18(19,20)10-26)16(27)14-15(21)24-29-23-14/h3-6,11H,7-10H2,1-2H3,(H2,21,24)(H,22,28). The molecule has 1 aromatic heterocycles. The summed E-state index contributed by atoms with van der Waals surface area (Å²) >= 11 is 0. The second-order valence-electron chi connectivity index (χ2n) is 7.21. The van der Waals surface area contributed by atoms with Crippen molar-refractivity contribution in [2.75, 3.05) is 37.2 Å². The van der Waals surface area contributed by atoms with Crippen molar-refractivity contribution in [3.05, 3.63) is 35.5 Å². The number of rotatable bonds is 3. The number of alkyl halides is 2. The summed E-state index contributed by atoms with van der Waals surface area (Å²) in [7, 11) is 0. The molecule has 1 aliphatic rings. The molecule has 11 heteroatoms. The highest BCUT2D eigenvalue weighted by Gasteiger charge is 2.41. The lowest BCUT2D eigenvalue weighted by Gasteiger charge is -2.24. The summed E-state index contributed by atoms with van der Waals surface area (Å²) in [5.74, 6) is -4.07. The van der Waals surface area contributed by atoms with Gasteiger partial charge in [0.05, 0.1) is 13.1 Å². The summed E-state index contributed by atoms with van der Waals surface area (Å²) in [5, 5.41) is 9.26. The van der Waals surface area contributed by atoms with Gasteiger partial charge in [0, 0.05) is 18.8 Å². The van der Waals surface area contributed by atoms with Gasteiger partial charge in [-0.05, 0) is 33.9 Å². The normalized spacial score (nSPS) is 16.6. The van der Waals surface area contributed by atoms with Gasteiger partial charge in [0.2, 0.25) is 11.5 Å². The zero-order valence-electron chi connectivity index (χ0n) is 16.1. The first-order valence-electron chi connectivity index (χ1n) is 9.07. The maximum atomic E-state index is 14.4. The minimum Gasteiger partial charge on any atom is -0.379 e. The predicted octanol–water partition coefficient (Wildman–Crippen LogP) is 2.40. The number of nitrogen functional groups attached to an aromatic ring is 1. The van der Waals surface area contributed by atoms with Crippen LogP contribution in [-0.4, -0.2) is 64.2 Å². The van der Waals surface area contributed by atoms with Gasteiger partial charge < -0.3 is 20.9 Å². The Morgan fingerprint density at radius 1 is 1.14 bits per heavy atom. The number of hydrogen-bond donors (Lipinski definition) is 2. The van der Waals surface area contributed by atoms with Crippen molar-refractivity contribution in [3.8, 4) is 0 Å². The van der Waals surface area contributed by atoms with Crippen LogP contribution in [0.15, 0.2) is 28.9 Å². The molecule has 2 heterocycles. The maximum absolute atomic E-state index is 14.4. The van der Waals surface area contributed by atoms with Crippen molar-refractivity contribution < 1.29 is 23.0 Å². The lowest BCUT2D eigenvalue weighted by molar-refractivity contribution is -0.0283. The SMILES string of the molecule is CC(C)c1ccc(NC(=O)N2CCN(C(=O)c3nonc3N)CC(F)(F)C2)cc1. The molecule has 0 atom stereocenters. The molecule has 0 radical (unpaired) electrons. The smallest absolute Gasteiger partial charge is 0.322 e. The van der Waals surface area contributed by atoms with Crippen LogP contribution in [0.2, 0.25) is 0 Å². The van der Waals surface area contributed by atoms with E-state index < -0.39 is 31.0 Å². The average molecular weight is 408 g/mol. The number of nitrogens with two attached hydrogens (primary N) is 1. The predicted molar refractivity (Wildman–Crippen MR) is 101 cm³/mol. The molecule has 1 aromatic carbocycles. The van der Waals surface area contributed by atoms with Crippen LogP contribution in [0.4, 0.5) is 25.1 Å². The molecule has 0 bridgehead atoms. The number of nitrogens with one attached hydrogen (secondary N) is 1. The van der Waals surface area contributed by atoms with E-state index in [0.29, 0.717) is 11.6 Å². The summed E-state index contributed by atoms with van der Waals surface area (Å²) in [4.78, 5) is 26.8. The lowest BCUT2D eigenvalue weighted by atomic mass is 10.0. The second-order valence-corrected chi connectivity index (χ2v) is 7.21. The molecule has 29 heavy (non-hydrogen) atoms. The van der Waals surface area contributed by atoms with Crippen molar-refractivity contribution in [1.29, 1.82) is 0 Å². The lowest BCUT2D eigenvalue weighted by Crippen LogP contribution is -2.44. The van der Waals surface area contributed by atoms with Crippen LogP contribution in [0.3, 0.4) is 0 Å². The van der Waals surface area contributed by atoms with Crippen LogP contribution in [-0.2, 0) is 0 Å². The van der Waals surface area contributed by atoms with E-state index >= 15 is 0 Å². The van der Waals surface area contributed by atoms with Crippen LogP contribution < -0.4 is 11.1 Å². The fourth-order valence-electron chi connectivity index (χ4n) is 3.00. The first-order valence-corrected chi connectivity index (χ1v) is 9.07. The molecule has 156 valence electrons. The van der Waals surface area contributed by atoms with E-state index in [4.69, 9.17) is 5.73 Å². The van der Waals surface area contributed by atoms with Gasteiger partial charge >= 0.3 is 6.03 Å². The number of carbonyl (C=O) groups is 2. The summed E-state index contributed by atoms with van der Waals surface area (Å²) in [5.41, 5.74) is 6.74. The van der Waals surface area contributed by atoms with Crippen LogP contribution >= 0.6 is 0 Å². The number of benzene rings is 1. The number of aromatic nitrogens is 2. The van der Waals surface area contributed by atoms with Crippen molar-refractivity contribution in [2.24, 2.45) is 0 Å². The number of halogens is 2. The molecule has 0 aliphatic carbocycles. The Kier molecular flexibility index (Phi) is 5.66. The summed E-state index contributed by atoms with van der Waals surface area (Å²) in [6.07, 6.45) is 0. The summed E-state index contributed by atoms with van der Waals surface area (Å²) < 4.78 is 33.2. The number of anilines is 2. The van der Waals surface area contributed by atoms with Gasteiger partial charge in [-0.1, -0.05) is 26.0 Å². The molecule has 3 rings (SSSR count). The quantitative estimate of drug-likeness (QED) is 0.805. The van der Waals surface area contributed by atoms with Crippen LogP contribution in [0.25, 0.3) is 0 Å². The largest absolute Gasteiger partial charge is 0.379 e. The van der Waals surface area contributed by atoms with Gasteiger partial charge in [-0.15, -0.1) is 0 Å². The number of urea groups is 1. The maximum Gasteiger partial charge on any atom is 0.322 e. The number of nitrogens with zero attached hydrogens (tertiary/aromatic N) is 4. The zero-order chi connectivity index (χ0) is 21.2. The molecular formula is C18H22F2N6O3. The molecule has 1 fully saturated rings. The molecular weight excluding hydrogens is 386 g/mol. The molecule has 0 saturated carbocycles. The van der Waals surface area contributed by atoms with E-state index in [1.54, 1.807) is 12.1 Å². The Balaban J connectivity index is 1.68. The van der Waals surface area contributed by atoms with Crippen molar-refractivity contribution in [3.63, 3.8) is 0 Å². The van der Waals surface area contributed by atoms with E-state index in [0.717, 1.165) is 15.4 Å². The topological polar surface area (TPSA) is 118 Å². The van der Waals surface area contributed by atoms with E-state index in [1.807, 2.05) is 26.0 Å². The third kappa shape index (κ3) is 4.79. The molecule has 3 amide bonds. The molecule has 1 saturated heterocycles. The third-order valence-corrected chi connectivity index (χ3v) is 4.60. The number of amides is 3. The Bertz CT molecular complexity index is 884. The van der Waals surface area contributed by atoms with Gasteiger partial charge in [-0.3, -0.25) is 4.79 Å². The van der Waals surface area contributed by atoms with Crippen LogP contribution in [0.5, 0.6) is 0 Å². The van der Waals surface area contributed by atoms with Gasteiger partial charge in [0.25, 0.3) is 11.8 Å². The molecule has 0 spiro atoms. The summed E-state index contributed by atoms with van der Waals surface area (Å²) in [6.45, 7) is 2.21. The minimum atomic E-state index is -3.31. The van der Waals surface area contributed by atoms with Crippen molar-refractivity contribution in [2.45, 2.75) is 25.7 Å². The Morgan fingerprint density at radius 3 is 2.34 bits per heavy atom. The fraction of sp³-hybridized carbons (Fsp3) is 0.444. The first-order chi connectivity index (χ1) is 13.7. The Labute approximate surface area is 165 Å². The molecule has 2 aromatic rings. The second kappa shape index (κ2) is 8.02. The van der Waals surface area contributed by atoms with Crippen molar-refractivity contribution >= 4 is 23.4 Å². The van der Waals surface area contributed by atoms with E-state index in [-0.39, 0.29) is 24.6 Å². The monoisotopic (exact) mass is 408 g/mol. The molecule has 9 nitrogen and oxygen atoms in total. The zero-order valence-corrected chi connectivity index (χ0v) is 16.1. The Hall–Kier alpha value is -3.24. The highest BCUT2D eigenvalue weighted by molar-refractivity contribution is 5.96. The van der Waals surface area contributed by atoms with Gasteiger partial charge in [-0.25, -0.2) is 18.2 Å². The highest BCUT2D eigenvalue weighted by Crippen LogP contribution is 2.23. The van der Waals surface area contributed by atoms with Gasteiger partial charge in [0.15, 0.2) is 0 Å². The Morgan fingerprint density at radius 2 is 1.76 bits per heavy atom. The van der Waals surface area contributed by atoms with E-state index in [2.05, 4.69) is 20.3 Å². The first kappa shape index (κ1) is 20.5. The molecule has 0 unspecified atom stereocenters. The van der Waals surface area contributed by atoms with E-state index in [1.165, 1.54) is 0 Å². The fourth-order valence-corrected chi connectivity index (χ4v) is 3.00. The third-order valence-electron chi connectivity index (χ3n) is 4.60. The number of hydrogen-bond acceptors (Lipinski definition) is 6. The number of carbonyl (C=O) groups excluding carboxylic acids is 2. The van der Waals surface area contributed by atoms with Gasteiger partial charge in [-0.2, -0.15) is 0 Å². The van der Waals surface area contributed by atoms with Crippen LogP contribution in [0, 0.1) is 0 Å². The van der Waals surface area contributed by atoms with Gasteiger partial charge in [0.1, 0.15) is 0 Å². The minimum absolute atomic E-state index is 0.0809. The molecule has 1 aliphatic heterocycles. The highest BCUT2D eigenvalue weighted by atomic mass is 19.3. The van der Waals surface area contributed by atoms with Crippen LogP contribution in [0.1, 0.15) is 35.8 Å². The average Bonchev–Trinajstić information content (AvgIpc) is 3.01. The van der Waals surface area contributed by atoms with Crippen molar-refractivity contribution in [1.82, 2.24) is 20.1 Å². The van der Waals surface area contributed by atoms with E-state index in [9.17, 15) is 18.4 Å².